The minimum Gasteiger partial charge on any atom is -0.466 e. The third-order valence-electron chi connectivity index (χ3n) is 13.9. The Balaban J connectivity index is 1.54. The van der Waals surface area contributed by atoms with E-state index >= 15 is 0 Å². The molecule has 0 spiro atoms. The second-order valence-electron chi connectivity index (χ2n) is 20.6. The number of benzene rings is 1. The number of carbonyl (C=O) groups is 9. The summed E-state index contributed by atoms with van der Waals surface area (Å²) in [6.45, 7) is 14.4. The third kappa shape index (κ3) is 23.3. The molecule has 452 valence electrons. The second kappa shape index (κ2) is 35.7. The first-order chi connectivity index (χ1) is 38.7. The van der Waals surface area contributed by atoms with E-state index in [0.717, 1.165) is 30.7 Å². The molecule has 7 atom stereocenters. The average molecular weight is 1160 g/mol. The van der Waals surface area contributed by atoms with E-state index in [1.165, 1.54) is 13.0 Å². The molecule has 25 heteroatoms. The van der Waals surface area contributed by atoms with E-state index in [2.05, 4.69) is 31.6 Å². The molecule has 1 fully saturated rings. The van der Waals surface area contributed by atoms with Gasteiger partial charge in [0.15, 0.2) is 11.9 Å². The Morgan fingerprint density at radius 1 is 0.852 bits per heavy atom. The maximum absolute atomic E-state index is 14.4. The molecular formula is C56H86N8O16S. The molecule has 4 rings (SSSR count). The lowest BCUT2D eigenvalue weighted by Gasteiger charge is -2.38. The summed E-state index contributed by atoms with van der Waals surface area (Å²) < 4.78 is 38.9. The molecule has 24 nitrogen and oxygen atoms in total. The standard InChI is InChI=1S/C56H86N8O16S/c1-10-36(5)49(62-51(69)43-14-12-13-21-63(43)8)55(72)64(9)44(35(3)4)33-46(79-38(7)65)54-61-42(34-81-54)50(68)59-40(30-37(6)56(73)78-11-2)31-39-15-16-45-41(32-39)60-47(66)17-22-74-26-28-76-24-19-57-52(70)53(71)58-20-25-77-29-27-75-23-18-48(67)80-45/h15-16,32,34-37,40,43-44,46,49H,10-14,17-31,33H2,1-9H3,(H,57,70)(H,58,71)(H,59,68)(H,60,66)(H,62,69)/t36-,37?,40+,43+,44+,46+,49-/m0/s1. The predicted molar refractivity (Wildman–Crippen MR) is 299 cm³/mol. The third-order valence-corrected chi connectivity index (χ3v) is 14.8. The van der Waals surface area contributed by atoms with Crippen molar-refractivity contribution < 1.29 is 76.3 Å². The maximum Gasteiger partial charge on any atom is 0.313 e. The number of likely N-dealkylation sites (tertiary alicyclic amines) is 1. The van der Waals surface area contributed by atoms with Crippen LogP contribution in [0.2, 0.25) is 0 Å². The van der Waals surface area contributed by atoms with E-state index in [9.17, 15) is 43.2 Å². The SMILES string of the molecule is CCOC(=O)C(C)C[C@H](Cc1ccc2c(c1)NC(=O)CCOCCOCCNC(=O)C(=O)NCCOCCOCCC(=O)O2)NC(=O)c1csc([C@@H](C[C@H](C(C)C)N(C)C(=O)[C@@H](NC(=O)[C@H]2CCCCN2C)[C@@H](C)CC)OC(C)=O)n1. The number of nitrogens with one attached hydrogen (secondary N) is 5. The highest BCUT2D eigenvalue weighted by Crippen LogP contribution is 2.32. The lowest BCUT2D eigenvalue weighted by Crippen LogP contribution is -2.58. The average Bonchev–Trinajstić information content (AvgIpc) is 3.94. The number of ether oxygens (including phenoxy) is 7. The summed E-state index contributed by atoms with van der Waals surface area (Å²) in [6.07, 6.45) is 2.48. The van der Waals surface area contributed by atoms with Crippen molar-refractivity contribution in [1.29, 1.82) is 0 Å². The fraction of sp³-hybridized carbons (Fsp3) is 0.679. The predicted octanol–water partition coefficient (Wildman–Crippen LogP) is 3.50. The number of piperidine rings is 1. The fourth-order valence-electron chi connectivity index (χ4n) is 9.18. The number of hydrogen-bond donors (Lipinski definition) is 5. The molecule has 2 aromatic rings. The van der Waals surface area contributed by atoms with Gasteiger partial charge in [-0.1, -0.05) is 53.5 Å². The number of carbonyl (C=O) groups excluding carboxylic acids is 9. The number of anilines is 1. The first kappa shape index (κ1) is 67.4. The molecule has 6 amide bonds. The number of thiazole rings is 1. The molecule has 1 aromatic heterocycles. The van der Waals surface area contributed by atoms with Crippen LogP contribution in [-0.4, -0.2) is 185 Å². The summed E-state index contributed by atoms with van der Waals surface area (Å²) in [5.74, 6) is -5.79. The lowest BCUT2D eigenvalue weighted by atomic mass is 9.92. The van der Waals surface area contributed by atoms with Crippen molar-refractivity contribution in [2.24, 2.45) is 17.8 Å². The highest BCUT2D eigenvalue weighted by atomic mass is 32.1. The number of fused-ring (bicyclic) bond motifs is 1. The number of hydrogen-bond acceptors (Lipinski definition) is 19. The molecule has 2 aliphatic rings. The Labute approximate surface area is 479 Å². The van der Waals surface area contributed by atoms with Gasteiger partial charge in [-0.2, -0.15) is 0 Å². The van der Waals surface area contributed by atoms with Gasteiger partial charge in [-0.05, 0) is 75.7 Å². The quantitative estimate of drug-likeness (QED) is 0.0764. The van der Waals surface area contributed by atoms with Crippen molar-refractivity contribution in [2.75, 3.05) is 98.5 Å². The highest BCUT2D eigenvalue weighted by molar-refractivity contribution is 7.09. The zero-order valence-corrected chi connectivity index (χ0v) is 49.4. The van der Waals surface area contributed by atoms with Gasteiger partial charge in [0, 0.05) is 50.9 Å². The Morgan fingerprint density at radius 2 is 1.49 bits per heavy atom. The van der Waals surface area contributed by atoms with Crippen LogP contribution in [0.25, 0.3) is 0 Å². The monoisotopic (exact) mass is 1160 g/mol. The second-order valence-corrected chi connectivity index (χ2v) is 21.5. The van der Waals surface area contributed by atoms with Crippen molar-refractivity contribution in [1.82, 2.24) is 36.1 Å². The molecule has 0 bridgehead atoms. The van der Waals surface area contributed by atoms with Crippen LogP contribution in [0.3, 0.4) is 0 Å². The Morgan fingerprint density at radius 3 is 2.10 bits per heavy atom. The van der Waals surface area contributed by atoms with E-state index in [-0.39, 0.29) is 151 Å². The summed E-state index contributed by atoms with van der Waals surface area (Å²) in [6, 6.07) is 2.47. The van der Waals surface area contributed by atoms with Crippen LogP contribution in [0.15, 0.2) is 23.6 Å². The molecule has 1 unspecified atom stereocenters. The van der Waals surface area contributed by atoms with E-state index in [1.807, 2.05) is 39.6 Å². The van der Waals surface area contributed by atoms with Crippen LogP contribution in [0.4, 0.5) is 5.69 Å². The largest absolute Gasteiger partial charge is 0.466 e. The number of rotatable bonds is 19. The van der Waals surface area contributed by atoms with Gasteiger partial charge in [-0.25, -0.2) is 4.98 Å². The Kier molecular flexibility index (Phi) is 29.7. The number of esters is 3. The fourth-order valence-corrected chi connectivity index (χ4v) is 10.0. The minimum atomic E-state index is -0.953. The number of amides is 6. The first-order valence-corrected chi connectivity index (χ1v) is 29.0. The molecular weight excluding hydrogens is 1070 g/mol. The summed E-state index contributed by atoms with van der Waals surface area (Å²) in [4.78, 5) is 127. The summed E-state index contributed by atoms with van der Waals surface area (Å²) in [7, 11) is 3.61. The van der Waals surface area contributed by atoms with Gasteiger partial charge in [0.2, 0.25) is 17.7 Å². The van der Waals surface area contributed by atoms with Crippen LogP contribution in [-0.2, 0) is 73.2 Å². The van der Waals surface area contributed by atoms with E-state index in [0.29, 0.717) is 23.4 Å². The maximum atomic E-state index is 14.4. The number of aromatic nitrogens is 1. The van der Waals surface area contributed by atoms with Gasteiger partial charge in [0.1, 0.15) is 16.7 Å². The molecule has 81 heavy (non-hydrogen) atoms. The lowest BCUT2D eigenvalue weighted by molar-refractivity contribution is -0.149. The topological polar surface area (TPSA) is 298 Å². The molecule has 0 radical (unpaired) electrons. The van der Waals surface area contributed by atoms with Gasteiger partial charge in [-0.3, -0.25) is 48.1 Å². The van der Waals surface area contributed by atoms with E-state index in [4.69, 9.17) is 33.2 Å². The van der Waals surface area contributed by atoms with Crippen LogP contribution in [0.1, 0.15) is 127 Å². The Hall–Kier alpha value is -6.12. The molecule has 3 heterocycles. The molecule has 0 saturated carbocycles. The van der Waals surface area contributed by atoms with Crippen LogP contribution in [0, 0.1) is 17.8 Å². The van der Waals surface area contributed by atoms with Crippen molar-refractivity contribution >= 4 is 70.4 Å². The van der Waals surface area contributed by atoms with E-state index < -0.39 is 71.7 Å². The Bertz CT molecular complexity index is 2390. The van der Waals surface area contributed by atoms with Gasteiger partial charge < -0.3 is 64.6 Å². The summed E-state index contributed by atoms with van der Waals surface area (Å²) >= 11 is 1.11. The van der Waals surface area contributed by atoms with E-state index in [1.54, 1.807) is 43.3 Å². The van der Waals surface area contributed by atoms with Gasteiger partial charge in [0.25, 0.3) is 5.91 Å². The first-order valence-electron chi connectivity index (χ1n) is 28.1. The number of likely N-dealkylation sites (N-methyl/N-ethyl adjacent to an activating group) is 2. The molecule has 5 N–H and O–H groups in total. The zero-order valence-electron chi connectivity index (χ0n) is 48.6. The molecule has 0 aliphatic carbocycles. The summed E-state index contributed by atoms with van der Waals surface area (Å²) in [5.41, 5.74) is 0.757. The number of nitrogens with zero attached hydrogens (tertiary/aromatic N) is 3. The highest BCUT2D eigenvalue weighted by Gasteiger charge is 2.38. The van der Waals surface area contributed by atoms with Crippen LogP contribution >= 0.6 is 11.3 Å². The normalized spacial score (nSPS) is 19.6. The minimum absolute atomic E-state index is 0.00906. The molecule has 1 aromatic carbocycles. The smallest absolute Gasteiger partial charge is 0.313 e. The van der Waals surface area contributed by atoms with Crippen LogP contribution < -0.4 is 31.3 Å². The zero-order chi connectivity index (χ0) is 59.4. The van der Waals surface area contributed by atoms with Gasteiger partial charge >= 0.3 is 29.7 Å². The van der Waals surface area contributed by atoms with Crippen LogP contribution in [0.5, 0.6) is 5.75 Å². The van der Waals surface area contributed by atoms with Crippen molar-refractivity contribution in [3.05, 3.63) is 39.8 Å². The summed E-state index contributed by atoms with van der Waals surface area (Å²) in [5, 5.41) is 15.7. The molecule has 2 aliphatic heterocycles. The van der Waals surface area contributed by atoms with Gasteiger partial charge in [0.05, 0.1) is 90.0 Å². The van der Waals surface area contributed by atoms with Crippen molar-refractivity contribution in [2.45, 2.75) is 137 Å². The molecule has 1 saturated heterocycles. The van der Waals surface area contributed by atoms with Gasteiger partial charge in [-0.15, -0.1) is 11.3 Å². The van der Waals surface area contributed by atoms with Crippen molar-refractivity contribution in [3.63, 3.8) is 0 Å². The van der Waals surface area contributed by atoms with Crippen molar-refractivity contribution in [3.8, 4) is 5.75 Å².